The molecule has 110 valence electrons. The van der Waals surface area contributed by atoms with Crippen molar-refractivity contribution < 1.29 is 4.79 Å². The van der Waals surface area contributed by atoms with Gasteiger partial charge in [-0.2, -0.15) is 0 Å². The Morgan fingerprint density at radius 2 is 2.24 bits per heavy atom. The predicted octanol–water partition coefficient (Wildman–Crippen LogP) is 1.55. The average molecular weight is 286 g/mol. The van der Waals surface area contributed by atoms with E-state index in [1.165, 1.54) is 10.8 Å². The van der Waals surface area contributed by atoms with Crippen molar-refractivity contribution in [2.75, 3.05) is 11.1 Å². The molecule has 21 heavy (non-hydrogen) atoms. The van der Waals surface area contributed by atoms with Crippen LogP contribution in [-0.4, -0.2) is 15.5 Å². The van der Waals surface area contributed by atoms with Crippen LogP contribution in [0.1, 0.15) is 18.4 Å². The molecule has 0 saturated heterocycles. The van der Waals surface area contributed by atoms with E-state index in [0.717, 1.165) is 11.3 Å². The smallest absolute Gasteiger partial charge is 0.347 e. The lowest BCUT2D eigenvalue weighted by Gasteiger charge is -2.09. The van der Waals surface area contributed by atoms with E-state index >= 15 is 0 Å². The first-order chi connectivity index (χ1) is 10.1. The van der Waals surface area contributed by atoms with Crippen molar-refractivity contribution in [3.05, 3.63) is 52.7 Å². The van der Waals surface area contributed by atoms with Crippen LogP contribution in [-0.2, 0) is 11.3 Å². The van der Waals surface area contributed by atoms with Crippen molar-refractivity contribution in [3.8, 4) is 0 Å². The van der Waals surface area contributed by atoms with E-state index in [0.29, 0.717) is 25.1 Å². The second-order valence-corrected chi connectivity index (χ2v) is 4.82. The van der Waals surface area contributed by atoms with Crippen LogP contribution in [0.4, 0.5) is 11.4 Å². The van der Waals surface area contributed by atoms with Gasteiger partial charge in [-0.25, -0.2) is 9.78 Å². The molecule has 1 heterocycles. The van der Waals surface area contributed by atoms with Gasteiger partial charge in [-0.15, -0.1) is 0 Å². The molecule has 3 N–H and O–H groups in total. The van der Waals surface area contributed by atoms with Crippen molar-refractivity contribution in [2.45, 2.75) is 26.3 Å². The second kappa shape index (κ2) is 6.69. The highest BCUT2D eigenvalue weighted by atomic mass is 16.2. The minimum absolute atomic E-state index is 0.0966. The Kier molecular flexibility index (Phi) is 4.71. The number of carbonyl (C=O) groups excluding carboxylic acids is 1. The van der Waals surface area contributed by atoms with Crippen LogP contribution in [0.5, 0.6) is 0 Å². The number of carbonyl (C=O) groups is 1. The minimum Gasteiger partial charge on any atom is -0.399 e. The number of aryl methyl sites for hydroxylation is 2. The van der Waals surface area contributed by atoms with Gasteiger partial charge in [-0.05, 0) is 37.1 Å². The van der Waals surface area contributed by atoms with E-state index < -0.39 is 0 Å². The maximum absolute atomic E-state index is 11.9. The summed E-state index contributed by atoms with van der Waals surface area (Å²) in [6.45, 7) is 2.38. The molecule has 2 aromatic rings. The Labute approximate surface area is 122 Å². The number of hydrogen-bond acceptors (Lipinski definition) is 4. The highest BCUT2D eigenvalue weighted by molar-refractivity contribution is 5.91. The highest BCUT2D eigenvalue weighted by Crippen LogP contribution is 2.18. The predicted molar refractivity (Wildman–Crippen MR) is 82.0 cm³/mol. The van der Waals surface area contributed by atoms with E-state index in [9.17, 15) is 9.59 Å². The minimum atomic E-state index is -0.301. The van der Waals surface area contributed by atoms with Crippen LogP contribution in [0.3, 0.4) is 0 Å². The van der Waals surface area contributed by atoms with Crippen LogP contribution in [0, 0.1) is 6.92 Å². The lowest BCUT2D eigenvalue weighted by atomic mass is 10.1. The first-order valence-electron chi connectivity index (χ1n) is 6.74. The summed E-state index contributed by atoms with van der Waals surface area (Å²) in [6, 6.07) is 7.08. The number of nitrogen functional groups attached to an aromatic ring is 1. The fraction of sp³-hybridized carbons (Fsp3) is 0.267. The molecule has 6 nitrogen and oxygen atoms in total. The Bertz CT molecular complexity index is 694. The fourth-order valence-corrected chi connectivity index (χ4v) is 1.95. The molecule has 0 radical (unpaired) electrons. The standard InChI is InChI=1S/C15H18N4O2/c1-11-5-6-12(16)10-13(11)18-14(20)4-2-8-19-9-3-7-17-15(19)21/h3,5-7,9-10H,2,4,8,16H2,1H3,(H,18,20). The highest BCUT2D eigenvalue weighted by Gasteiger charge is 2.05. The summed E-state index contributed by atoms with van der Waals surface area (Å²) in [6.07, 6.45) is 4.01. The third-order valence-electron chi connectivity index (χ3n) is 3.12. The number of benzene rings is 1. The van der Waals surface area contributed by atoms with Gasteiger partial charge in [0.05, 0.1) is 0 Å². The number of amides is 1. The summed E-state index contributed by atoms with van der Waals surface area (Å²) in [5, 5.41) is 2.83. The van der Waals surface area contributed by atoms with E-state index in [-0.39, 0.29) is 11.6 Å². The molecule has 1 amide bonds. The van der Waals surface area contributed by atoms with Crippen LogP contribution in [0.25, 0.3) is 0 Å². The van der Waals surface area contributed by atoms with Crippen LogP contribution in [0.15, 0.2) is 41.5 Å². The van der Waals surface area contributed by atoms with Crippen molar-refractivity contribution in [1.29, 1.82) is 0 Å². The Balaban J connectivity index is 1.87. The van der Waals surface area contributed by atoms with E-state index in [1.54, 1.807) is 24.4 Å². The molecule has 0 spiro atoms. The maximum Gasteiger partial charge on any atom is 0.347 e. The van der Waals surface area contributed by atoms with E-state index in [1.807, 2.05) is 13.0 Å². The van der Waals surface area contributed by atoms with Gasteiger partial charge < -0.3 is 11.1 Å². The van der Waals surface area contributed by atoms with Gasteiger partial charge in [0.2, 0.25) is 5.91 Å². The van der Waals surface area contributed by atoms with Crippen molar-refractivity contribution in [1.82, 2.24) is 9.55 Å². The van der Waals surface area contributed by atoms with Gasteiger partial charge in [-0.1, -0.05) is 6.07 Å². The molecule has 0 aliphatic rings. The number of rotatable bonds is 5. The quantitative estimate of drug-likeness (QED) is 0.816. The third kappa shape index (κ3) is 4.17. The van der Waals surface area contributed by atoms with Gasteiger partial charge in [0.15, 0.2) is 0 Å². The molecule has 0 aliphatic carbocycles. The molecular formula is C15H18N4O2. The molecule has 0 atom stereocenters. The summed E-state index contributed by atoms with van der Waals surface area (Å²) in [5.74, 6) is -0.0966. The normalized spacial score (nSPS) is 10.3. The van der Waals surface area contributed by atoms with Gasteiger partial charge in [-0.3, -0.25) is 9.36 Å². The molecule has 1 aromatic carbocycles. The lowest BCUT2D eigenvalue weighted by Crippen LogP contribution is -2.22. The number of aromatic nitrogens is 2. The molecule has 0 fully saturated rings. The van der Waals surface area contributed by atoms with Crippen molar-refractivity contribution in [3.63, 3.8) is 0 Å². The number of nitrogens with one attached hydrogen (secondary N) is 1. The molecule has 6 heteroatoms. The number of anilines is 2. The van der Waals surface area contributed by atoms with E-state index in [4.69, 9.17) is 5.73 Å². The molecule has 0 unspecified atom stereocenters. The Hall–Kier alpha value is -2.63. The first-order valence-corrected chi connectivity index (χ1v) is 6.74. The van der Waals surface area contributed by atoms with Crippen LogP contribution >= 0.6 is 0 Å². The topological polar surface area (TPSA) is 90.0 Å². The molecule has 0 saturated carbocycles. The fourth-order valence-electron chi connectivity index (χ4n) is 1.95. The first kappa shape index (κ1) is 14.8. The van der Waals surface area contributed by atoms with Gasteiger partial charge in [0.1, 0.15) is 0 Å². The summed E-state index contributed by atoms with van der Waals surface area (Å²) in [4.78, 5) is 27.0. The summed E-state index contributed by atoms with van der Waals surface area (Å²) in [7, 11) is 0. The Morgan fingerprint density at radius 1 is 1.43 bits per heavy atom. The third-order valence-corrected chi connectivity index (χ3v) is 3.12. The van der Waals surface area contributed by atoms with Gasteiger partial charge >= 0.3 is 5.69 Å². The number of nitrogens with zero attached hydrogens (tertiary/aromatic N) is 2. The van der Waals surface area contributed by atoms with Crippen LogP contribution in [0.2, 0.25) is 0 Å². The summed E-state index contributed by atoms with van der Waals surface area (Å²) < 4.78 is 1.49. The largest absolute Gasteiger partial charge is 0.399 e. The number of nitrogens with two attached hydrogens (primary N) is 1. The molecule has 0 bridgehead atoms. The maximum atomic E-state index is 11.9. The summed E-state index contributed by atoms with van der Waals surface area (Å²) in [5.41, 5.74) is 7.69. The van der Waals surface area contributed by atoms with Gasteiger partial charge in [0.25, 0.3) is 0 Å². The van der Waals surface area contributed by atoms with E-state index in [2.05, 4.69) is 10.3 Å². The Morgan fingerprint density at radius 3 is 3.00 bits per heavy atom. The monoisotopic (exact) mass is 286 g/mol. The molecular weight excluding hydrogens is 268 g/mol. The second-order valence-electron chi connectivity index (χ2n) is 4.82. The molecule has 0 aliphatic heterocycles. The zero-order valence-electron chi connectivity index (χ0n) is 11.9. The molecule has 1 aromatic heterocycles. The lowest BCUT2D eigenvalue weighted by molar-refractivity contribution is -0.116. The number of hydrogen-bond donors (Lipinski definition) is 2. The van der Waals surface area contributed by atoms with Crippen molar-refractivity contribution >= 4 is 17.3 Å². The van der Waals surface area contributed by atoms with Gasteiger partial charge in [0, 0.05) is 36.7 Å². The van der Waals surface area contributed by atoms with Crippen molar-refractivity contribution in [2.24, 2.45) is 0 Å². The van der Waals surface area contributed by atoms with Crippen LogP contribution < -0.4 is 16.7 Å². The molecule has 2 rings (SSSR count). The average Bonchev–Trinajstić information content (AvgIpc) is 2.45. The SMILES string of the molecule is Cc1ccc(N)cc1NC(=O)CCCn1cccnc1=O. The summed E-state index contributed by atoms with van der Waals surface area (Å²) >= 11 is 0. The zero-order valence-corrected chi connectivity index (χ0v) is 11.9. The zero-order chi connectivity index (χ0) is 15.2.